The third-order valence-electron chi connectivity index (χ3n) is 4.99. The molecule has 0 atom stereocenters. The highest BCUT2D eigenvalue weighted by atomic mass is 35.5. The van der Waals surface area contributed by atoms with Gasteiger partial charge in [0.15, 0.2) is 0 Å². The highest BCUT2D eigenvalue weighted by molar-refractivity contribution is 5.92. The summed E-state index contributed by atoms with van der Waals surface area (Å²) in [6.07, 6.45) is 9.83. The number of carboxylic acids is 1. The first kappa shape index (κ1) is 28.0. The smallest absolute Gasteiger partial charge is 0.328 e. The molecule has 2 amide bonds. The number of benzene rings is 1. The molecule has 2 rings (SSSR count). The van der Waals surface area contributed by atoms with E-state index in [1.54, 1.807) is 24.2 Å². The molecule has 0 bridgehead atoms. The van der Waals surface area contributed by atoms with Gasteiger partial charge in [0.2, 0.25) is 0 Å². The van der Waals surface area contributed by atoms with E-state index in [2.05, 4.69) is 17.2 Å². The fourth-order valence-electron chi connectivity index (χ4n) is 3.21. The van der Waals surface area contributed by atoms with Crippen molar-refractivity contribution in [3.63, 3.8) is 0 Å². The van der Waals surface area contributed by atoms with Crippen molar-refractivity contribution in [1.82, 2.24) is 10.3 Å². The van der Waals surface area contributed by atoms with Crippen molar-refractivity contribution < 1.29 is 19.4 Å². The maximum Gasteiger partial charge on any atom is 0.328 e. The van der Waals surface area contributed by atoms with Gasteiger partial charge in [-0.2, -0.15) is 0 Å². The Morgan fingerprint density at radius 2 is 1.91 bits per heavy atom. The molecule has 1 aromatic carbocycles. The Kier molecular flexibility index (Phi) is 12.6. The summed E-state index contributed by atoms with van der Waals surface area (Å²) >= 11 is 0. The maximum absolute atomic E-state index is 12.5. The molecule has 7 nitrogen and oxygen atoms in total. The molecule has 0 radical (unpaired) electrons. The van der Waals surface area contributed by atoms with Gasteiger partial charge in [-0.1, -0.05) is 44.7 Å². The maximum atomic E-state index is 12.5. The second-order valence-electron chi connectivity index (χ2n) is 7.47. The number of hydrogen-bond acceptors (Lipinski definition) is 4. The number of anilines is 1. The second kappa shape index (κ2) is 14.9. The van der Waals surface area contributed by atoms with Crippen LogP contribution in [-0.4, -0.2) is 42.3 Å². The van der Waals surface area contributed by atoms with E-state index in [0.29, 0.717) is 30.2 Å². The van der Waals surface area contributed by atoms with E-state index >= 15 is 0 Å². The van der Waals surface area contributed by atoms with E-state index in [9.17, 15) is 9.59 Å². The van der Waals surface area contributed by atoms with Gasteiger partial charge in [-0.3, -0.25) is 9.88 Å². The van der Waals surface area contributed by atoms with Crippen LogP contribution in [0.5, 0.6) is 5.75 Å². The van der Waals surface area contributed by atoms with Gasteiger partial charge in [0.25, 0.3) is 0 Å². The number of hydrogen-bond donors (Lipinski definition) is 2. The summed E-state index contributed by atoms with van der Waals surface area (Å²) in [5.74, 6) is -0.485. The predicted molar refractivity (Wildman–Crippen MR) is 135 cm³/mol. The van der Waals surface area contributed by atoms with Crippen LogP contribution in [0.3, 0.4) is 0 Å². The van der Waals surface area contributed by atoms with E-state index in [0.717, 1.165) is 30.2 Å². The van der Waals surface area contributed by atoms with Gasteiger partial charge in [-0.15, -0.1) is 12.4 Å². The van der Waals surface area contributed by atoms with E-state index in [1.165, 1.54) is 25.3 Å². The molecule has 2 N–H and O–H groups in total. The molecule has 8 heteroatoms. The minimum atomic E-state index is -1.04. The first-order chi connectivity index (χ1) is 15.5. The van der Waals surface area contributed by atoms with Crippen LogP contribution in [0.2, 0.25) is 0 Å². The average molecular weight is 476 g/mol. The predicted octanol–water partition coefficient (Wildman–Crippen LogP) is 5.78. The zero-order chi connectivity index (χ0) is 23.3. The van der Waals surface area contributed by atoms with Crippen LogP contribution in [0.25, 0.3) is 17.3 Å². The molecule has 1 heterocycles. The molecule has 0 aliphatic carbocycles. The van der Waals surface area contributed by atoms with Crippen LogP contribution in [0.15, 0.2) is 42.6 Å². The Balaban J connectivity index is 0.00000544. The first-order valence-electron chi connectivity index (χ1n) is 11.1. The lowest BCUT2D eigenvalue weighted by Gasteiger charge is -2.19. The Bertz CT molecular complexity index is 934. The van der Waals surface area contributed by atoms with Gasteiger partial charge in [-0.25, -0.2) is 9.59 Å². The minimum Gasteiger partial charge on any atom is -0.493 e. The molecule has 180 valence electrons. The van der Waals surface area contributed by atoms with E-state index < -0.39 is 5.97 Å². The van der Waals surface area contributed by atoms with E-state index in [-0.39, 0.29) is 18.4 Å². The number of rotatable bonds is 12. The molecule has 0 fully saturated rings. The van der Waals surface area contributed by atoms with Crippen molar-refractivity contribution in [2.75, 3.05) is 25.1 Å². The number of halogens is 1. The van der Waals surface area contributed by atoms with Gasteiger partial charge in [-0.05, 0) is 31.6 Å². The summed E-state index contributed by atoms with van der Waals surface area (Å²) < 4.78 is 5.67. The normalized spacial score (nSPS) is 10.5. The topological polar surface area (TPSA) is 91.8 Å². The number of unbranched alkanes of at least 4 members (excludes halogenated alkanes) is 4. The molecule has 33 heavy (non-hydrogen) atoms. The number of nitrogens with zero attached hydrogens (tertiary/aromatic N) is 2. The summed E-state index contributed by atoms with van der Waals surface area (Å²) in [5, 5.41) is 11.8. The number of amides is 2. The fraction of sp³-hybridized carbons (Fsp3) is 0.400. The van der Waals surface area contributed by atoms with Gasteiger partial charge in [0.05, 0.1) is 12.3 Å². The number of pyridine rings is 1. The third kappa shape index (κ3) is 9.14. The number of carbonyl (C=O) groups is 2. The highest BCUT2D eigenvalue weighted by Gasteiger charge is 2.12. The summed E-state index contributed by atoms with van der Waals surface area (Å²) in [7, 11) is 1.74. The largest absolute Gasteiger partial charge is 0.493 e. The molecular formula is C25H34ClN3O4. The molecule has 0 aliphatic heterocycles. The Labute approximate surface area is 202 Å². The zero-order valence-corrected chi connectivity index (χ0v) is 20.4. The number of carbonyl (C=O) groups excluding carboxylic acids is 1. The number of ether oxygens (including phenoxy) is 1. The van der Waals surface area contributed by atoms with Gasteiger partial charge in [0, 0.05) is 48.7 Å². The molecule has 1 aromatic heterocycles. The monoisotopic (exact) mass is 475 g/mol. The Hall–Kier alpha value is -3.06. The van der Waals surface area contributed by atoms with Crippen LogP contribution in [-0.2, 0) is 4.79 Å². The van der Waals surface area contributed by atoms with Crippen molar-refractivity contribution in [2.24, 2.45) is 0 Å². The van der Waals surface area contributed by atoms with Crippen molar-refractivity contribution in [3.8, 4) is 17.0 Å². The number of nitrogens with one attached hydrogen (secondary N) is 1. The SMILES string of the molecule is CCCCCCCNC(=O)N(C)c1cccc(-c2cc(OCC)c(C=CC(=O)O)cn2)c1.Cl. The zero-order valence-electron chi connectivity index (χ0n) is 19.5. The van der Waals surface area contributed by atoms with Gasteiger partial charge < -0.3 is 15.2 Å². The highest BCUT2D eigenvalue weighted by Crippen LogP contribution is 2.28. The van der Waals surface area contributed by atoms with Crippen molar-refractivity contribution in [3.05, 3.63) is 48.2 Å². The molecule has 0 spiro atoms. The Morgan fingerprint density at radius 1 is 1.15 bits per heavy atom. The summed E-state index contributed by atoms with van der Waals surface area (Å²) in [6.45, 7) is 5.15. The van der Waals surface area contributed by atoms with Crippen LogP contribution in [0.1, 0.15) is 51.5 Å². The van der Waals surface area contributed by atoms with Gasteiger partial charge in [0.1, 0.15) is 5.75 Å². The van der Waals surface area contributed by atoms with Gasteiger partial charge >= 0.3 is 12.0 Å². The van der Waals surface area contributed by atoms with Crippen LogP contribution in [0.4, 0.5) is 10.5 Å². The molecular weight excluding hydrogens is 442 g/mol. The number of aliphatic carboxylic acids is 1. The summed E-state index contributed by atoms with van der Waals surface area (Å²) in [5.41, 5.74) is 2.84. The number of aromatic nitrogens is 1. The third-order valence-corrected chi connectivity index (χ3v) is 4.99. The summed E-state index contributed by atoms with van der Waals surface area (Å²) in [4.78, 5) is 29.4. The average Bonchev–Trinajstić information content (AvgIpc) is 2.80. The van der Waals surface area contributed by atoms with Crippen LogP contribution < -0.4 is 15.0 Å². The fourth-order valence-corrected chi connectivity index (χ4v) is 3.21. The lowest BCUT2D eigenvalue weighted by Crippen LogP contribution is -2.37. The minimum absolute atomic E-state index is 0. The van der Waals surface area contributed by atoms with E-state index in [4.69, 9.17) is 9.84 Å². The Morgan fingerprint density at radius 3 is 2.61 bits per heavy atom. The van der Waals surface area contributed by atoms with Crippen molar-refractivity contribution in [2.45, 2.75) is 46.0 Å². The van der Waals surface area contributed by atoms with Crippen LogP contribution >= 0.6 is 12.4 Å². The standard InChI is InChI=1S/C25H33N3O4.ClH/c1-4-6-7-8-9-15-26-25(31)28(3)21-12-10-11-19(16-21)22-17-23(32-5-2)20(18-27-22)13-14-24(29)30;/h10-14,16-18H,4-9,15H2,1-3H3,(H,26,31)(H,29,30);1H. The molecule has 0 saturated carbocycles. The molecule has 0 saturated heterocycles. The van der Waals surface area contributed by atoms with Crippen molar-refractivity contribution >= 4 is 36.2 Å². The van der Waals surface area contributed by atoms with E-state index in [1.807, 2.05) is 31.2 Å². The number of urea groups is 1. The molecule has 2 aromatic rings. The molecule has 0 aliphatic rings. The quantitative estimate of drug-likeness (QED) is 0.299. The lowest BCUT2D eigenvalue weighted by atomic mass is 10.1. The number of carboxylic acid groups (broad SMARTS) is 1. The van der Waals surface area contributed by atoms with Crippen molar-refractivity contribution in [1.29, 1.82) is 0 Å². The molecule has 0 unspecified atom stereocenters. The second-order valence-corrected chi connectivity index (χ2v) is 7.47. The van der Waals surface area contributed by atoms with Crippen LogP contribution in [0, 0.1) is 0 Å². The summed E-state index contributed by atoms with van der Waals surface area (Å²) in [6, 6.07) is 9.19. The first-order valence-corrected chi connectivity index (χ1v) is 11.1. The lowest BCUT2D eigenvalue weighted by molar-refractivity contribution is -0.131.